The molecule has 132 valence electrons. The van der Waals surface area contributed by atoms with Gasteiger partial charge in [-0.15, -0.1) is 0 Å². The molecule has 6 heteroatoms. The van der Waals surface area contributed by atoms with Crippen molar-refractivity contribution in [2.24, 2.45) is 0 Å². The van der Waals surface area contributed by atoms with Crippen LogP contribution in [-0.4, -0.2) is 11.9 Å². The molecular formula is C20H16FNO4. The van der Waals surface area contributed by atoms with Gasteiger partial charge in [0.15, 0.2) is 5.76 Å². The van der Waals surface area contributed by atoms with Gasteiger partial charge in [-0.25, -0.2) is 9.18 Å². The van der Waals surface area contributed by atoms with Crippen molar-refractivity contribution >= 4 is 17.6 Å². The summed E-state index contributed by atoms with van der Waals surface area (Å²) in [6.07, 6.45) is 1.41. The third kappa shape index (κ3) is 4.16. The SMILES string of the molecule is Cc1ccc(C(=O)OCc2ccc(F)cc2)cc1NC(=O)c1ccco1. The smallest absolute Gasteiger partial charge is 0.338 e. The number of hydrogen-bond donors (Lipinski definition) is 1. The fraction of sp³-hybridized carbons (Fsp3) is 0.100. The number of hydrogen-bond acceptors (Lipinski definition) is 4. The Hall–Kier alpha value is -3.41. The molecule has 1 heterocycles. The molecule has 3 aromatic rings. The lowest BCUT2D eigenvalue weighted by Gasteiger charge is -2.10. The predicted octanol–water partition coefficient (Wildman–Crippen LogP) is 4.34. The third-order valence-electron chi connectivity index (χ3n) is 3.75. The molecule has 0 aliphatic carbocycles. The van der Waals surface area contributed by atoms with Crippen LogP contribution < -0.4 is 5.32 Å². The van der Waals surface area contributed by atoms with Gasteiger partial charge in [0.05, 0.1) is 11.8 Å². The molecule has 0 unspecified atom stereocenters. The minimum Gasteiger partial charge on any atom is -0.459 e. The number of anilines is 1. The number of benzene rings is 2. The van der Waals surface area contributed by atoms with Gasteiger partial charge < -0.3 is 14.5 Å². The standard InChI is InChI=1S/C20H16FNO4/c1-13-4-7-15(11-17(13)22-19(23)18-3-2-10-25-18)20(24)26-12-14-5-8-16(21)9-6-14/h2-11H,12H2,1H3,(H,22,23). The third-order valence-corrected chi connectivity index (χ3v) is 3.75. The highest BCUT2D eigenvalue weighted by atomic mass is 19.1. The Bertz CT molecular complexity index is 917. The Morgan fingerprint density at radius 1 is 1.12 bits per heavy atom. The summed E-state index contributed by atoms with van der Waals surface area (Å²) in [7, 11) is 0. The molecule has 26 heavy (non-hydrogen) atoms. The summed E-state index contributed by atoms with van der Waals surface area (Å²) in [6, 6.07) is 13.7. The van der Waals surface area contributed by atoms with Gasteiger partial charge in [-0.2, -0.15) is 0 Å². The van der Waals surface area contributed by atoms with E-state index in [1.807, 2.05) is 6.92 Å². The zero-order chi connectivity index (χ0) is 18.5. The molecular weight excluding hydrogens is 337 g/mol. The van der Waals surface area contributed by atoms with E-state index in [9.17, 15) is 14.0 Å². The lowest BCUT2D eigenvalue weighted by Crippen LogP contribution is -2.13. The molecule has 0 saturated heterocycles. The number of esters is 1. The molecule has 0 bridgehead atoms. The average molecular weight is 353 g/mol. The molecule has 1 amide bonds. The van der Waals surface area contributed by atoms with E-state index in [2.05, 4.69) is 5.32 Å². The van der Waals surface area contributed by atoms with Gasteiger partial charge in [-0.3, -0.25) is 4.79 Å². The molecule has 5 nitrogen and oxygen atoms in total. The van der Waals surface area contributed by atoms with Crippen LogP contribution in [0.4, 0.5) is 10.1 Å². The molecule has 2 aromatic carbocycles. The first kappa shape index (κ1) is 17.4. The van der Waals surface area contributed by atoms with E-state index in [0.717, 1.165) is 5.56 Å². The fourth-order valence-corrected chi connectivity index (χ4v) is 2.29. The Labute approximate surface area is 149 Å². The topological polar surface area (TPSA) is 68.5 Å². The van der Waals surface area contributed by atoms with Crippen molar-refractivity contribution in [1.29, 1.82) is 0 Å². The van der Waals surface area contributed by atoms with Crippen molar-refractivity contribution in [1.82, 2.24) is 0 Å². The highest BCUT2D eigenvalue weighted by Gasteiger charge is 2.14. The van der Waals surface area contributed by atoms with E-state index < -0.39 is 11.9 Å². The van der Waals surface area contributed by atoms with Gasteiger partial charge in [-0.1, -0.05) is 18.2 Å². The van der Waals surface area contributed by atoms with E-state index in [1.165, 1.54) is 18.4 Å². The Balaban J connectivity index is 1.68. The molecule has 0 spiro atoms. The van der Waals surface area contributed by atoms with Gasteiger partial charge in [-0.05, 0) is 54.4 Å². The van der Waals surface area contributed by atoms with E-state index in [4.69, 9.17) is 9.15 Å². The summed E-state index contributed by atoms with van der Waals surface area (Å²) in [5.41, 5.74) is 2.26. The molecule has 0 aliphatic rings. The number of amides is 1. The molecule has 0 fully saturated rings. The number of aryl methyl sites for hydroxylation is 1. The average Bonchev–Trinajstić information content (AvgIpc) is 3.17. The van der Waals surface area contributed by atoms with Crippen LogP contribution in [0.15, 0.2) is 65.3 Å². The number of ether oxygens (including phenoxy) is 1. The highest BCUT2D eigenvalue weighted by molar-refractivity contribution is 6.03. The molecule has 0 radical (unpaired) electrons. The minimum atomic E-state index is -0.539. The van der Waals surface area contributed by atoms with Crippen molar-refractivity contribution in [2.45, 2.75) is 13.5 Å². The second kappa shape index (κ2) is 7.65. The molecule has 0 saturated carbocycles. The number of carbonyl (C=O) groups is 2. The highest BCUT2D eigenvalue weighted by Crippen LogP contribution is 2.19. The van der Waals surface area contributed by atoms with E-state index in [0.29, 0.717) is 16.8 Å². The van der Waals surface area contributed by atoms with Crippen LogP contribution in [0.5, 0.6) is 0 Å². The number of carbonyl (C=O) groups excluding carboxylic acids is 2. The number of furan rings is 1. The molecule has 1 aromatic heterocycles. The lowest BCUT2D eigenvalue weighted by atomic mass is 10.1. The second-order valence-corrected chi connectivity index (χ2v) is 5.66. The Kier molecular flexibility index (Phi) is 5.12. The fourth-order valence-electron chi connectivity index (χ4n) is 2.29. The van der Waals surface area contributed by atoms with E-state index in [1.54, 1.807) is 42.5 Å². The largest absolute Gasteiger partial charge is 0.459 e. The Morgan fingerprint density at radius 3 is 2.58 bits per heavy atom. The molecule has 0 atom stereocenters. The second-order valence-electron chi connectivity index (χ2n) is 5.66. The number of nitrogens with one attached hydrogen (secondary N) is 1. The zero-order valence-corrected chi connectivity index (χ0v) is 14.0. The van der Waals surface area contributed by atoms with Crippen molar-refractivity contribution in [3.8, 4) is 0 Å². The maximum atomic E-state index is 12.9. The first-order valence-corrected chi connectivity index (χ1v) is 7.90. The van der Waals surface area contributed by atoms with Crippen LogP contribution >= 0.6 is 0 Å². The first-order chi connectivity index (χ1) is 12.5. The van der Waals surface area contributed by atoms with E-state index >= 15 is 0 Å². The molecule has 3 rings (SSSR count). The first-order valence-electron chi connectivity index (χ1n) is 7.90. The number of rotatable bonds is 5. The van der Waals surface area contributed by atoms with Crippen LogP contribution in [0.25, 0.3) is 0 Å². The molecule has 1 N–H and O–H groups in total. The molecule has 0 aliphatic heterocycles. The summed E-state index contributed by atoms with van der Waals surface area (Å²) in [4.78, 5) is 24.3. The summed E-state index contributed by atoms with van der Waals surface area (Å²) >= 11 is 0. The van der Waals surface area contributed by atoms with Crippen molar-refractivity contribution < 1.29 is 23.1 Å². The quantitative estimate of drug-likeness (QED) is 0.693. The van der Waals surface area contributed by atoms with Crippen LogP contribution in [0.1, 0.15) is 32.0 Å². The summed E-state index contributed by atoms with van der Waals surface area (Å²) < 4.78 is 23.2. The van der Waals surface area contributed by atoms with Crippen LogP contribution in [0, 0.1) is 12.7 Å². The lowest BCUT2D eigenvalue weighted by molar-refractivity contribution is 0.0472. The monoisotopic (exact) mass is 353 g/mol. The van der Waals surface area contributed by atoms with Gasteiger partial charge in [0.1, 0.15) is 12.4 Å². The van der Waals surface area contributed by atoms with Crippen molar-refractivity contribution in [3.63, 3.8) is 0 Å². The Morgan fingerprint density at radius 2 is 1.88 bits per heavy atom. The van der Waals surface area contributed by atoms with Crippen molar-refractivity contribution in [2.75, 3.05) is 5.32 Å². The minimum absolute atomic E-state index is 0.0288. The van der Waals surface area contributed by atoms with Gasteiger partial charge in [0.2, 0.25) is 0 Å². The van der Waals surface area contributed by atoms with E-state index in [-0.39, 0.29) is 18.2 Å². The van der Waals surface area contributed by atoms with Crippen LogP contribution in [0.2, 0.25) is 0 Å². The zero-order valence-electron chi connectivity index (χ0n) is 14.0. The summed E-state index contributed by atoms with van der Waals surface area (Å²) in [5, 5.41) is 2.71. The normalized spacial score (nSPS) is 10.4. The van der Waals surface area contributed by atoms with Crippen LogP contribution in [-0.2, 0) is 11.3 Å². The maximum Gasteiger partial charge on any atom is 0.338 e. The summed E-state index contributed by atoms with van der Waals surface area (Å²) in [6.45, 7) is 1.84. The van der Waals surface area contributed by atoms with Gasteiger partial charge >= 0.3 is 5.97 Å². The van der Waals surface area contributed by atoms with Crippen molar-refractivity contribution in [3.05, 3.63) is 89.1 Å². The summed E-state index contributed by atoms with van der Waals surface area (Å²) in [5.74, 6) is -1.12. The maximum absolute atomic E-state index is 12.9. The van der Waals surface area contributed by atoms with Crippen LogP contribution in [0.3, 0.4) is 0 Å². The van der Waals surface area contributed by atoms with Gasteiger partial charge in [0, 0.05) is 5.69 Å². The van der Waals surface area contributed by atoms with Gasteiger partial charge in [0.25, 0.3) is 5.91 Å². The predicted molar refractivity (Wildman–Crippen MR) is 93.4 cm³/mol. The number of halogens is 1.